The molecule has 0 aliphatic carbocycles. The molecule has 0 amide bonds. The topological polar surface area (TPSA) is 52.0 Å². The maximum absolute atomic E-state index is 5.84. The number of nitrogens with zero attached hydrogens (tertiary/aromatic N) is 1. The van der Waals surface area contributed by atoms with Crippen molar-refractivity contribution in [3.05, 3.63) is 23.8 Å². The van der Waals surface area contributed by atoms with Crippen molar-refractivity contribution in [3.8, 4) is 0 Å². The van der Waals surface area contributed by atoms with Gasteiger partial charge in [-0.15, -0.1) is 0 Å². The van der Waals surface area contributed by atoms with Gasteiger partial charge < -0.3 is 11.5 Å². The zero-order chi connectivity index (χ0) is 10.1. The Morgan fingerprint density at radius 2 is 1.79 bits per heavy atom. The summed E-state index contributed by atoms with van der Waals surface area (Å²) in [6.07, 6.45) is 0. The van der Waals surface area contributed by atoms with E-state index in [-0.39, 0.29) is 23.9 Å². The summed E-state index contributed by atoms with van der Waals surface area (Å²) in [5.74, 6) is 0. The maximum atomic E-state index is 5.84. The van der Waals surface area contributed by atoms with E-state index in [9.17, 15) is 0 Å². The van der Waals surface area contributed by atoms with Gasteiger partial charge in [0.15, 0.2) is 0 Å². The zero-order valence-corrected chi connectivity index (χ0v) is 8.54. The molecule has 0 fully saturated rings. The number of anilines is 1. The monoisotopic (exact) mass is 304 g/mol. The molecule has 0 aliphatic heterocycles. The molecule has 1 aromatic rings. The quantitative estimate of drug-likeness (QED) is 0.438. The summed E-state index contributed by atoms with van der Waals surface area (Å²) in [6, 6.07) is 6.05. The number of rotatable bonds is 2. The average molecular weight is 303 g/mol. The Balaban J connectivity index is 0.00000169. The van der Waals surface area contributed by atoms with Crippen LogP contribution in [-0.4, -0.2) is 45.1 Å². The van der Waals surface area contributed by atoms with Gasteiger partial charge in [-0.2, -0.15) is 0 Å². The van der Waals surface area contributed by atoms with E-state index >= 15 is 0 Å². The summed E-state index contributed by atoms with van der Waals surface area (Å²) < 4.78 is 0.773. The van der Waals surface area contributed by atoms with Gasteiger partial charge in [-0.1, -0.05) is 0 Å². The molecule has 4 N–H and O–H groups in total. The van der Waals surface area contributed by atoms with Crippen molar-refractivity contribution < 1.29 is 0 Å². The third-order valence-electron chi connectivity index (χ3n) is 2.12. The third kappa shape index (κ3) is 3.15. The molecule has 0 unspecified atom stereocenters. The molecule has 0 saturated carbocycles. The Bertz CT molecular complexity index is 305. The fourth-order valence-electron chi connectivity index (χ4n) is 1.19. The minimum absolute atomic E-state index is 0. The van der Waals surface area contributed by atoms with Crippen molar-refractivity contribution in [2.75, 3.05) is 26.9 Å². The Kier molecular flexibility index (Phi) is 4.91. The summed E-state index contributed by atoms with van der Waals surface area (Å²) >= 11 is 0. The van der Waals surface area contributed by atoms with E-state index in [1.54, 1.807) is 0 Å². The summed E-state index contributed by atoms with van der Waals surface area (Å²) in [6.45, 7) is 0.503. The molecule has 1 rings (SSSR count). The molecule has 3 nitrogen and oxygen atoms in total. The second kappa shape index (κ2) is 5.00. The summed E-state index contributed by atoms with van der Waals surface area (Å²) in [5.41, 5.74) is 14.3. The van der Waals surface area contributed by atoms with Crippen molar-refractivity contribution in [1.82, 2.24) is 4.48 Å². The van der Waals surface area contributed by atoms with Crippen molar-refractivity contribution in [1.29, 1.82) is 0 Å². The summed E-state index contributed by atoms with van der Waals surface area (Å²) in [4.78, 5) is 0. The SMILES string of the molecule is C[N+](C)(C)c1ccc(CN)c(N)c1.[SnH4]. The number of hydrogen-bond donors (Lipinski definition) is 2. The van der Waals surface area contributed by atoms with Gasteiger partial charge in [0.1, 0.15) is 5.69 Å². The standard InChI is InChI=1S/C10H18N3.Sn.4H/c1-13(2,3)9-5-4-8(7-11)10(12)6-9;;;;;/h4-6H,7,11-12H2,1-3H3;;;;;/q+1;;;;;. The predicted molar refractivity (Wildman–Crippen MR) is 69.6 cm³/mol. The number of quaternary nitrogens is 1. The fourth-order valence-corrected chi connectivity index (χ4v) is 1.19. The molecule has 1 aromatic carbocycles. The molecule has 0 aliphatic rings. The van der Waals surface area contributed by atoms with Crippen molar-refractivity contribution in [2.45, 2.75) is 6.54 Å². The molecular weight excluding hydrogens is 281 g/mol. The number of nitrogen functional groups attached to an aromatic ring is 1. The van der Waals surface area contributed by atoms with E-state index in [0.717, 1.165) is 15.7 Å². The van der Waals surface area contributed by atoms with Crippen molar-refractivity contribution >= 4 is 35.3 Å². The first-order valence-corrected chi connectivity index (χ1v) is 4.35. The Morgan fingerprint density at radius 3 is 2.14 bits per heavy atom. The molecule has 0 saturated heterocycles. The second-order valence-corrected chi connectivity index (χ2v) is 4.10. The molecule has 0 radical (unpaired) electrons. The van der Waals surface area contributed by atoms with Crippen LogP contribution in [0.2, 0.25) is 0 Å². The first-order chi connectivity index (χ1) is 5.95. The van der Waals surface area contributed by atoms with E-state index in [2.05, 4.69) is 27.2 Å². The Morgan fingerprint density at radius 1 is 1.21 bits per heavy atom. The van der Waals surface area contributed by atoms with E-state index in [0.29, 0.717) is 6.54 Å². The van der Waals surface area contributed by atoms with Gasteiger partial charge in [0.25, 0.3) is 0 Å². The Hall–Kier alpha value is -0.261. The van der Waals surface area contributed by atoms with Crippen LogP contribution in [0.4, 0.5) is 11.4 Å². The van der Waals surface area contributed by atoms with Gasteiger partial charge in [0.2, 0.25) is 0 Å². The van der Waals surface area contributed by atoms with Crippen LogP contribution in [0.25, 0.3) is 0 Å². The zero-order valence-electron chi connectivity index (χ0n) is 8.54. The molecule has 0 spiro atoms. The summed E-state index contributed by atoms with van der Waals surface area (Å²) in [7, 11) is 6.32. The van der Waals surface area contributed by atoms with E-state index in [1.807, 2.05) is 12.1 Å². The normalized spacial score (nSPS) is 10.9. The van der Waals surface area contributed by atoms with Crippen LogP contribution in [0.3, 0.4) is 0 Å². The van der Waals surface area contributed by atoms with E-state index in [1.165, 1.54) is 5.69 Å². The molecule has 0 heterocycles. The number of hydrogen-bond acceptors (Lipinski definition) is 2. The number of nitrogens with two attached hydrogens (primary N) is 2. The van der Waals surface area contributed by atoms with Gasteiger partial charge in [-0.05, 0) is 17.7 Å². The van der Waals surface area contributed by atoms with Crippen molar-refractivity contribution in [2.24, 2.45) is 5.73 Å². The Labute approximate surface area is 103 Å². The third-order valence-corrected chi connectivity index (χ3v) is 2.12. The molecule has 0 bridgehead atoms. The first kappa shape index (κ1) is 13.7. The van der Waals surface area contributed by atoms with Gasteiger partial charge in [0, 0.05) is 18.3 Å². The van der Waals surface area contributed by atoms with Gasteiger partial charge in [-0.25, -0.2) is 0 Å². The fraction of sp³-hybridized carbons (Fsp3) is 0.400. The predicted octanol–water partition coefficient (Wildman–Crippen LogP) is -0.527. The van der Waals surface area contributed by atoms with E-state index in [4.69, 9.17) is 11.5 Å². The van der Waals surface area contributed by atoms with Crippen LogP contribution in [-0.2, 0) is 6.54 Å². The van der Waals surface area contributed by atoms with E-state index < -0.39 is 0 Å². The van der Waals surface area contributed by atoms with Crippen LogP contribution >= 0.6 is 0 Å². The molecule has 80 valence electrons. The van der Waals surface area contributed by atoms with Gasteiger partial charge in [0.05, 0.1) is 21.1 Å². The molecule has 0 aromatic heterocycles. The van der Waals surface area contributed by atoms with Crippen LogP contribution in [0.15, 0.2) is 18.2 Å². The molecule has 14 heavy (non-hydrogen) atoms. The molecular formula is C10H22N3Sn+. The van der Waals surface area contributed by atoms with Gasteiger partial charge >= 0.3 is 23.9 Å². The second-order valence-electron chi connectivity index (χ2n) is 4.10. The molecule has 0 atom stereocenters. The minimum atomic E-state index is 0. The van der Waals surface area contributed by atoms with Crippen LogP contribution in [0, 0.1) is 0 Å². The first-order valence-electron chi connectivity index (χ1n) is 4.35. The average Bonchev–Trinajstić information content (AvgIpc) is 2.02. The summed E-state index contributed by atoms with van der Waals surface area (Å²) in [5, 5.41) is 0. The molecule has 4 heteroatoms. The van der Waals surface area contributed by atoms with Crippen molar-refractivity contribution in [3.63, 3.8) is 0 Å². The van der Waals surface area contributed by atoms with Crippen LogP contribution < -0.4 is 16.0 Å². The number of benzene rings is 1. The van der Waals surface area contributed by atoms with Crippen LogP contribution in [0.1, 0.15) is 5.56 Å². The van der Waals surface area contributed by atoms with Crippen LogP contribution in [0.5, 0.6) is 0 Å². The van der Waals surface area contributed by atoms with Gasteiger partial charge in [-0.3, -0.25) is 4.48 Å².